The van der Waals surface area contributed by atoms with Crippen molar-refractivity contribution >= 4 is 73.9 Å². The van der Waals surface area contributed by atoms with Crippen LogP contribution in [0.25, 0.3) is 0 Å². The maximum Gasteiger partial charge on any atom is 0.265 e. The number of amides is 1. The molecule has 0 fully saturated rings. The lowest BCUT2D eigenvalue weighted by Gasteiger charge is -2.15. The average molecular weight is 546 g/mol. The molecule has 0 radical (unpaired) electrons. The number of ether oxygens (including phenoxy) is 1. The fraction of sp³-hybridized carbons (Fsp3) is 0.136. The Labute approximate surface area is 211 Å². The minimum absolute atomic E-state index is 0.0587. The third kappa shape index (κ3) is 6.71. The standard InChI is InChI=1S/C22H19Cl3N2O4S2/c1-13(32-17-7-3-14(23)4-8-17)22(28)26-16-6-10-21(20(12-16)31-2)33(29,30)27-19-9-5-15(24)11-18(19)25/h3-13,27H,1-2H3,(H,26,28)/t13-/m1/s1. The van der Waals surface area contributed by atoms with Crippen molar-refractivity contribution < 1.29 is 17.9 Å². The summed E-state index contributed by atoms with van der Waals surface area (Å²) in [6, 6.07) is 15.9. The Balaban J connectivity index is 1.75. The highest BCUT2D eigenvalue weighted by atomic mass is 35.5. The van der Waals surface area contributed by atoms with Gasteiger partial charge in [0.05, 0.1) is 23.1 Å². The fourth-order valence-corrected chi connectivity index (χ4v) is 5.49. The largest absolute Gasteiger partial charge is 0.495 e. The zero-order valence-electron chi connectivity index (χ0n) is 17.4. The molecule has 0 saturated heterocycles. The highest BCUT2D eigenvalue weighted by Crippen LogP contribution is 2.32. The second-order valence-corrected chi connectivity index (χ2v) is 11.1. The number of nitrogens with one attached hydrogen (secondary N) is 2. The predicted molar refractivity (Wildman–Crippen MR) is 136 cm³/mol. The summed E-state index contributed by atoms with van der Waals surface area (Å²) in [5.74, 6) is -0.193. The van der Waals surface area contributed by atoms with E-state index in [0.29, 0.717) is 15.7 Å². The predicted octanol–water partition coefficient (Wildman–Crippen LogP) is 6.58. The third-order valence-electron chi connectivity index (χ3n) is 4.39. The van der Waals surface area contributed by atoms with E-state index in [4.69, 9.17) is 39.5 Å². The van der Waals surface area contributed by atoms with Crippen molar-refractivity contribution in [1.29, 1.82) is 0 Å². The van der Waals surface area contributed by atoms with Crippen molar-refractivity contribution in [3.63, 3.8) is 0 Å². The number of sulfonamides is 1. The molecule has 0 aliphatic rings. The normalized spacial score (nSPS) is 12.2. The molecule has 174 valence electrons. The summed E-state index contributed by atoms with van der Waals surface area (Å²) in [5.41, 5.74) is 0.567. The summed E-state index contributed by atoms with van der Waals surface area (Å²) in [5, 5.41) is 3.52. The first kappa shape index (κ1) is 25.5. The van der Waals surface area contributed by atoms with Crippen molar-refractivity contribution in [2.24, 2.45) is 0 Å². The van der Waals surface area contributed by atoms with Crippen molar-refractivity contribution in [1.82, 2.24) is 0 Å². The lowest BCUT2D eigenvalue weighted by atomic mass is 10.3. The molecule has 0 bridgehead atoms. The van der Waals surface area contributed by atoms with E-state index in [1.54, 1.807) is 19.1 Å². The lowest BCUT2D eigenvalue weighted by molar-refractivity contribution is -0.115. The van der Waals surface area contributed by atoms with E-state index in [0.717, 1.165) is 4.90 Å². The smallest absolute Gasteiger partial charge is 0.265 e. The maximum absolute atomic E-state index is 12.9. The summed E-state index contributed by atoms with van der Waals surface area (Å²) >= 11 is 19.2. The molecule has 1 atom stereocenters. The number of methoxy groups -OCH3 is 1. The van der Waals surface area contributed by atoms with Gasteiger partial charge in [-0.2, -0.15) is 0 Å². The van der Waals surface area contributed by atoms with Crippen LogP contribution in [0.5, 0.6) is 5.75 Å². The van der Waals surface area contributed by atoms with Gasteiger partial charge in [0.25, 0.3) is 10.0 Å². The molecule has 0 spiro atoms. The van der Waals surface area contributed by atoms with Gasteiger partial charge in [0.2, 0.25) is 5.91 Å². The minimum Gasteiger partial charge on any atom is -0.495 e. The minimum atomic E-state index is -4.03. The number of hydrogen-bond acceptors (Lipinski definition) is 5. The van der Waals surface area contributed by atoms with Gasteiger partial charge in [-0.3, -0.25) is 9.52 Å². The van der Waals surface area contributed by atoms with Crippen LogP contribution in [0.2, 0.25) is 15.1 Å². The SMILES string of the molecule is COc1cc(NC(=O)[C@@H](C)Sc2ccc(Cl)cc2)ccc1S(=O)(=O)Nc1ccc(Cl)cc1Cl. The van der Waals surface area contributed by atoms with Crippen LogP contribution in [0.1, 0.15) is 6.92 Å². The van der Waals surface area contributed by atoms with Gasteiger partial charge in [-0.1, -0.05) is 34.8 Å². The topological polar surface area (TPSA) is 84.5 Å². The van der Waals surface area contributed by atoms with Gasteiger partial charge in [-0.15, -0.1) is 11.8 Å². The Morgan fingerprint density at radius 3 is 2.27 bits per heavy atom. The van der Waals surface area contributed by atoms with Gasteiger partial charge in [0.15, 0.2) is 0 Å². The molecule has 3 aromatic rings. The highest BCUT2D eigenvalue weighted by Gasteiger charge is 2.22. The van der Waals surface area contributed by atoms with E-state index >= 15 is 0 Å². The van der Waals surface area contributed by atoms with Gasteiger partial charge in [0.1, 0.15) is 10.6 Å². The van der Waals surface area contributed by atoms with E-state index in [2.05, 4.69) is 10.0 Å². The molecule has 3 aromatic carbocycles. The van der Waals surface area contributed by atoms with Gasteiger partial charge in [-0.05, 0) is 61.5 Å². The van der Waals surface area contributed by atoms with E-state index < -0.39 is 15.3 Å². The van der Waals surface area contributed by atoms with Crippen LogP contribution >= 0.6 is 46.6 Å². The first-order chi connectivity index (χ1) is 15.6. The summed E-state index contributed by atoms with van der Waals surface area (Å²) in [6.45, 7) is 1.77. The second kappa shape index (κ2) is 10.9. The molecular weight excluding hydrogens is 527 g/mol. The zero-order valence-corrected chi connectivity index (χ0v) is 21.3. The quantitative estimate of drug-likeness (QED) is 0.313. The molecule has 0 unspecified atom stereocenters. The van der Waals surface area contributed by atoms with Crippen molar-refractivity contribution in [3.05, 3.63) is 75.7 Å². The Morgan fingerprint density at radius 1 is 0.970 bits per heavy atom. The van der Waals surface area contributed by atoms with E-state index in [1.807, 2.05) is 12.1 Å². The van der Waals surface area contributed by atoms with Crippen LogP contribution in [0.3, 0.4) is 0 Å². The second-order valence-electron chi connectivity index (χ2n) is 6.80. The number of carbonyl (C=O) groups excluding carboxylic acids is 1. The number of anilines is 2. The summed E-state index contributed by atoms with van der Waals surface area (Å²) in [4.78, 5) is 13.4. The van der Waals surface area contributed by atoms with E-state index in [1.165, 1.54) is 55.3 Å². The summed E-state index contributed by atoms with van der Waals surface area (Å²) in [6.07, 6.45) is 0. The molecule has 0 aliphatic heterocycles. The van der Waals surface area contributed by atoms with Gasteiger partial charge in [0, 0.05) is 26.7 Å². The number of carbonyl (C=O) groups is 1. The van der Waals surface area contributed by atoms with Crippen LogP contribution in [0.15, 0.2) is 70.5 Å². The molecule has 0 aromatic heterocycles. The number of benzene rings is 3. The lowest BCUT2D eigenvalue weighted by Crippen LogP contribution is -2.22. The molecule has 11 heteroatoms. The fourth-order valence-electron chi connectivity index (χ4n) is 2.75. The van der Waals surface area contributed by atoms with Crippen LogP contribution in [0.4, 0.5) is 11.4 Å². The molecule has 1 amide bonds. The number of thioether (sulfide) groups is 1. The number of hydrogen-bond donors (Lipinski definition) is 2. The molecule has 6 nitrogen and oxygen atoms in total. The Bertz CT molecular complexity index is 1270. The Hall–Kier alpha value is -2.10. The van der Waals surface area contributed by atoms with Crippen molar-refractivity contribution in [2.75, 3.05) is 17.1 Å². The van der Waals surface area contributed by atoms with Crippen LogP contribution in [0, 0.1) is 0 Å². The van der Waals surface area contributed by atoms with Gasteiger partial charge >= 0.3 is 0 Å². The van der Waals surface area contributed by atoms with Crippen molar-refractivity contribution in [2.45, 2.75) is 22.0 Å². The molecule has 0 heterocycles. The maximum atomic E-state index is 12.9. The van der Waals surface area contributed by atoms with E-state index in [-0.39, 0.29) is 27.3 Å². The molecular formula is C22H19Cl3N2O4S2. The van der Waals surface area contributed by atoms with Crippen LogP contribution < -0.4 is 14.8 Å². The van der Waals surface area contributed by atoms with Gasteiger partial charge < -0.3 is 10.1 Å². The van der Waals surface area contributed by atoms with Crippen molar-refractivity contribution in [3.8, 4) is 5.75 Å². The molecule has 0 saturated carbocycles. The molecule has 0 aliphatic carbocycles. The first-order valence-electron chi connectivity index (χ1n) is 9.48. The molecule has 2 N–H and O–H groups in total. The zero-order chi connectivity index (χ0) is 24.2. The summed E-state index contributed by atoms with van der Waals surface area (Å²) in [7, 11) is -2.69. The Kier molecular flexibility index (Phi) is 8.42. The monoisotopic (exact) mass is 544 g/mol. The Morgan fingerprint density at radius 2 is 1.64 bits per heavy atom. The highest BCUT2D eigenvalue weighted by molar-refractivity contribution is 8.00. The van der Waals surface area contributed by atoms with E-state index in [9.17, 15) is 13.2 Å². The van der Waals surface area contributed by atoms with Crippen LogP contribution in [-0.4, -0.2) is 26.7 Å². The number of halogens is 3. The third-order valence-corrected chi connectivity index (χ3v) is 7.71. The average Bonchev–Trinajstić information content (AvgIpc) is 2.77. The first-order valence-corrected chi connectivity index (χ1v) is 13.0. The summed E-state index contributed by atoms with van der Waals surface area (Å²) < 4.78 is 33.5. The number of rotatable bonds is 8. The molecule has 33 heavy (non-hydrogen) atoms. The van der Waals surface area contributed by atoms with Gasteiger partial charge in [-0.25, -0.2) is 8.42 Å². The van der Waals surface area contributed by atoms with Crippen LogP contribution in [-0.2, 0) is 14.8 Å². The molecule has 3 rings (SSSR count).